The number of amides is 1. The maximum absolute atomic E-state index is 12.5. The molecule has 0 aliphatic carbocycles. The Bertz CT molecular complexity index is 909. The first-order chi connectivity index (χ1) is 11.7. The molecule has 1 aromatic heterocycles. The van der Waals surface area contributed by atoms with Crippen LogP contribution in [0.4, 0.5) is 5.69 Å². The van der Waals surface area contributed by atoms with Crippen LogP contribution in [-0.2, 0) is 11.2 Å². The van der Waals surface area contributed by atoms with Gasteiger partial charge in [-0.3, -0.25) is 9.78 Å². The Labute approximate surface area is 139 Å². The van der Waals surface area contributed by atoms with E-state index in [4.69, 9.17) is 0 Å². The normalized spacial score (nSPS) is 11.6. The summed E-state index contributed by atoms with van der Waals surface area (Å²) in [5, 5.41) is 22.3. The molecule has 2 N–H and O–H groups in total. The van der Waals surface area contributed by atoms with Crippen molar-refractivity contribution in [2.45, 2.75) is 6.42 Å². The highest BCUT2D eigenvalue weighted by atomic mass is 16.3. The Morgan fingerprint density at radius 2 is 1.96 bits per heavy atom. The smallest absolute Gasteiger partial charge is 0.242 e. The molecule has 0 spiro atoms. The number of aromatic nitrogens is 1. The van der Waals surface area contributed by atoms with E-state index in [9.17, 15) is 15.2 Å². The molecule has 0 fully saturated rings. The van der Waals surface area contributed by atoms with E-state index in [1.807, 2.05) is 24.3 Å². The Hall–Kier alpha value is -3.39. The molecule has 1 heterocycles. The van der Waals surface area contributed by atoms with Crippen molar-refractivity contribution < 1.29 is 9.90 Å². The third-order valence-corrected chi connectivity index (χ3v) is 3.75. The molecule has 5 heteroatoms. The number of nitriles is 1. The standard InChI is InChI=1S/C19H15N3O2/c20-12-14(11-13-6-8-15(23)9-7-13)19(24)22-18-5-1-4-17-16(18)3-2-10-21-17/h1-10,14,23H,11H2,(H,22,24). The second-order valence-corrected chi connectivity index (χ2v) is 5.42. The molecule has 2 aromatic carbocycles. The fraction of sp³-hybridized carbons (Fsp3) is 0.105. The molecule has 0 aliphatic rings. The van der Waals surface area contributed by atoms with Gasteiger partial charge in [-0.2, -0.15) is 5.26 Å². The monoisotopic (exact) mass is 317 g/mol. The van der Waals surface area contributed by atoms with Gasteiger partial charge in [0.15, 0.2) is 0 Å². The number of hydrogen-bond donors (Lipinski definition) is 2. The van der Waals surface area contributed by atoms with Crippen LogP contribution in [0.1, 0.15) is 5.56 Å². The highest BCUT2D eigenvalue weighted by molar-refractivity contribution is 6.02. The predicted octanol–water partition coefficient (Wildman–Crippen LogP) is 3.26. The van der Waals surface area contributed by atoms with E-state index in [0.29, 0.717) is 5.69 Å². The molecular weight excluding hydrogens is 302 g/mol. The minimum atomic E-state index is -0.818. The predicted molar refractivity (Wildman–Crippen MR) is 91.3 cm³/mol. The Morgan fingerprint density at radius 1 is 1.17 bits per heavy atom. The van der Waals surface area contributed by atoms with Gasteiger partial charge in [0.25, 0.3) is 0 Å². The third kappa shape index (κ3) is 3.33. The van der Waals surface area contributed by atoms with Gasteiger partial charge >= 0.3 is 0 Å². The van der Waals surface area contributed by atoms with Gasteiger partial charge in [0, 0.05) is 11.6 Å². The number of phenolic OH excluding ortho intramolecular Hbond substituents is 1. The van der Waals surface area contributed by atoms with Crippen LogP contribution in [-0.4, -0.2) is 16.0 Å². The highest BCUT2D eigenvalue weighted by Gasteiger charge is 2.19. The number of hydrogen-bond acceptors (Lipinski definition) is 4. The van der Waals surface area contributed by atoms with E-state index >= 15 is 0 Å². The van der Waals surface area contributed by atoms with Gasteiger partial charge in [-0.1, -0.05) is 18.2 Å². The number of carbonyl (C=O) groups is 1. The van der Waals surface area contributed by atoms with Crippen LogP contribution < -0.4 is 5.32 Å². The van der Waals surface area contributed by atoms with Gasteiger partial charge in [-0.25, -0.2) is 0 Å². The van der Waals surface area contributed by atoms with E-state index in [-0.39, 0.29) is 18.1 Å². The zero-order chi connectivity index (χ0) is 16.9. The minimum absolute atomic E-state index is 0.153. The van der Waals surface area contributed by atoms with E-state index in [1.165, 1.54) is 12.1 Å². The molecule has 0 saturated carbocycles. The van der Waals surface area contributed by atoms with Crippen molar-refractivity contribution in [2.24, 2.45) is 5.92 Å². The van der Waals surface area contributed by atoms with E-state index in [2.05, 4.69) is 10.3 Å². The van der Waals surface area contributed by atoms with Crippen molar-refractivity contribution in [2.75, 3.05) is 5.32 Å². The largest absolute Gasteiger partial charge is 0.508 e. The summed E-state index contributed by atoms with van der Waals surface area (Å²) in [5.74, 6) is -1.02. The summed E-state index contributed by atoms with van der Waals surface area (Å²) < 4.78 is 0. The summed E-state index contributed by atoms with van der Waals surface area (Å²) in [6.07, 6.45) is 1.97. The average Bonchev–Trinajstić information content (AvgIpc) is 2.61. The van der Waals surface area contributed by atoms with Crippen molar-refractivity contribution in [3.05, 3.63) is 66.4 Å². The van der Waals surface area contributed by atoms with Crippen molar-refractivity contribution in [3.8, 4) is 11.8 Å². The summed E-state index contributed by atoms with van der Waals surface area (Å²) in [6, 6.07) is 17.7. The summed E-state index contributed by atoms with van der Waals surface area (Å²) in [6.45, 7) is 0. The van der Waals surface area contributed by atoms with Gasteiger partial charge in [-0.15, -0.1) is 0 Å². The van der Waals surface area contributed by atoms with Gasteiger partial charge < -0.3 is 10.4 Å². The number of nitrogens with one attached hydrogen (secondary N) is 1. The SMILES string of the molecule is N#CC(Cc1ccc(O)cc1)C(=O)Nc1cccc2ncccc12. The topological polar surface area (TPSA) is 86.0 Å². The van der Waals surface area contributed by atoms with E-state index in [0.717, 1.165) is 16.5 Å². The Morgan fingerprint density at radius 3 is 2.71 bits per heavy atom. The lowest BCUT2D eigenvalue weighted by Crippen LogP contribution is -2.23. The van der Waals surface area contributed by atoms with Crippen LogP contribution in [0.15, 0.2) is 60.8 Å². The first-order valence-electron chi connectivity index (χ1n) is 7.49. The maximum atomic E-state index is 12.5. The lowest BCUT2D eigenvalue weighted by atomic mass is 9.99. The van der Waals surface area contributed by atoms with Crippen LogP contribution in [0.2, 0.25) is 0 Å². The van der Waals surface area contributed by atoms with Gasteiger partial charge in [0.2, 0.25) is 5.91 Å². The minimum Gasteiger partial charge on any atom is -0.508 e. The molecule has 0 saturated heterocycles. The number of benzene rings is 2. The van der Waals surface area contributed by atoms with Crippen molar-refractivity contribution in [1.29, 1.82) is 5.26 Å². The first-order valence-corrected chi connectivity index (χ1v) is 7.49. The summed E-state index contributed by atoms with van der Waals surface area (Å²) in [4.78, 5) is 16.7. The van der Waals surface area contributed by atoms with E-state index in [1.54, 1.807) is 30.5 Å². The fourth-order valence-corrected chi connectivity index (χ4v) is 2.50. The third-order valence-electron chi connectivity index (χ3n) is 3.75. The van der Waals surface area contributed by atoms with Gasteiger partial charge in [0.1, 0.15) is 11.7 Å². The molecule has 0 bridgehead atoms. The van der Waals surface area contributed by atoms with Crippen LogP contribution >= 0.6 is 0 Å². The number of aromatic hydroxyl groups is 1. The molecule has 1 amide bonds. The second-order valence-electron chi connectivity index (χ2n) is 5.42. The average molecular weight is 317 g/mol. The number of anilines is 1. The zero-order valence-corrected chi connectivity index (χ0v) is 12.8. The van der Waals surface area contributed by atoms with Crippen LogP contribution in [0.5, 0.6) is 5.75 Å². The van der Waals surface area contributed by atoms with Crippen molar-refractivity contribution in [1.82, 2.24) is 4.98 Å². The molecule has 1 atom stereocenters. The van der Waals surface area contributed by atoms with Gasteiger partial charge in [0.05, 0.1) is 17.3 Å². The molecule has 0 radical (unpaired) electrons. The van der Waals surface area contributed by atoms with Crippen molar-refractivity contribution >= 4 is 22.5 Å². The number of phenols is 1. The molecule has 1 unspecified atom stereocenters. The fourth-order valence-electron chi connectivity index (χ4n) is 2.50. The number of rotatable bonds is 4. The van der Waals surface area contributed by atoms with Crippen molar-refractivity contribution in [3.63, 3.8) is 0 Å². The zero-order valence-electron chi connectivity index (χ0n) is 12.8. The molecule has 118 valence electrons. The lowest BCUT2D eigenvalue weighted by molar-refractivity contribution is -0.118. The van der Waals surface area contributed by atoms with Crippen LogP contribution in [0.3, 0.4) is 0 Å². The summed E-state index contributed by atoms with van der Waals surface area (Å²) in [7, 11) is 0. The molecule has 0 aliphatic heterocycles. The second kappa shape index (κ2) is 6.80. The Balaban J connectivity index is 1.79. The summed E-state index contributed by atoms with van der Waals surface area (Å²) in [5.41, 5.74) is 2.23. The first kappa shape index (κ1) is 15.5. The number of nitrogens with zero attached hydrogens (tertiary/aromatic N) is 2. The Kier molecular flexibility index (Phi) is 4.39. The number of carbonyl (C=O) groups excluding carboxylic acids is 1. The molecule has 24 heavy (non-hydrogen) atoms. The van der Waals surface area contributed by atoms with E-state index < -0.39 is 5.92 Å². The molecule has 3 rings (SSSR count). The summed E-state index contributed by atoms with van der Waals surface area (Å²) >= 11 is 0. The molecule has 3 aromatic rings. The van der Waals surface area contributed by atoms with Crippen LogP contribution in [0, 0.1) is 17.2 Å². The van der Waals surface area contributed by atoms with Gasteiger partial charge in [-0.05, 0) is 48.4 Å². The highest BCUT2D eigenvalue weighted by Crippen LogP contribution is 2.22. The number of fused-ring (bicyclic) bond motifs is 1. The molecule has 5 nitrogen and oxygen atoms in total. The number of pyridine rings is 1. The maximum Gasteiger partial charge on any atom is 0.242 e. The van der Waals surface area contributed by atoms with Crippen LogP contribution in [0.25, 0.3) is 10.9 Å². The lowest BCUT2D eigenvalue weighted by Gasteiger charge is -2.12. The quantitative estimate of drug-likeness (QED) is 0.773. The molecular formula is C19H15N3O2.